The predicted molar refractivity (Wildman–Crippen MR) is 71.2 cm³/mol. The normalized spacial score (nSPS) is 17.0. The van der Waals surface area contributed by atoms with Crippen LogP contribution < -0.4 is 11.1 Å². The lowest BCUT2D eigenvalue weighted by Gasteiger charge is -2.32. The lowest BCUT2D eigenvalue weighted by molar-refractivity contribution is -0.139. The second kappa shape index (κ2) is 7.83. The molecule has 0 aliphatic rings. The third-order valence-corrected chi connectivity index (χ3v) is 2.85. The molecule has 0 fully saturated rings. The summed E-state index contributed by atoms with van der Waals surface area (Å²) in [7, 11) is 0. The van der Waals surface area contributed by atoms with E-state index in [1.54, 1.807) is 13.8 Å². The number of primary amides is 1. The Morgan fingerprint density at radius 2 is 1.85 bits per heavy atom. The highest BCUT2D eigenvalue weighted by Gasteiger charge is 2.33. The van der Waals surface area contributed by atoms with Gasteiger partial charge in [0.15, 0.2) is 0 Å². The number of halogens is 3. The smallest absolute Gasteiger partial charge is 0.378 e. The summed E-state index contributed by atoms with van der Waals surface area (Å²) in [6.45, 7) is 7.17. The van der Waals surface area contributed by atoms with Crippen molar-refractivity contribution >= 4 is 5.91 Å². The molecule has 4 nitrogen and oxygen atoms in total. The maximum absolute atomic E-state index is 12.0. The Hall–Kier alpha value is -0.820. The van der Waals surface area contributed by atoms with Crippen LogP contribution in [0.4, 0.5) is 13.2 Å². The van der Waals surface area contributed by atoms with Crippen LogP contribution in [0.2, 0.25) is 0 Å². The van der Waals surface area contributed by atoms with Crippen molar-refractivity contribution in [1.29, 1.82) is 0 Å². The molecule has 0 aromatic heterocycles. The van der Waals surface area contributed by atoms with Gasteiger partial charge in [-0.25, -0.2) is 0 Å². The van der Waals surface area contributed by atoms with E-state index in [1.807, 2.05) is 13.8 Å². The molecule has 0 aromatic rings. The molecule has 0 aromatic carbocycles. The van der Waals surface area contributed by atoms with Crippen LogP contribution in [-0.2, 0) is 9.53 Å². The summed E-state index contributed by atoms with van der Waals surface area (Å²) in [5, 5.41) is 3.07. The highest BCUT2D eigenvalue weighted by Crippen LogP contribution is 2.22. The van der Waals surface area contributed by atoms with E-state index in [0.717, 1.165) is 0 Å². The molecule has 2 unspecified atom stereocenters. The van der Waals surface area contributed by atoms with Gasteiger partial charge in [0.2, 0.25) is 5.91 Å². The monoisotopic (exact) mass is 298 g/mol. The van der Waals surface area contributed by atoms with Crippen LogP contribution in [0.3, 0.4) is 0 Å². The third kappa shape index (κ3) is 8.37. The number of nitrogens with one attached hydrogen (secondary N) is 1. The van der Waals surface area contributed by atoms with Crippen LogP contribution in [0, 0.1) is 0 Å². The fraction of sp³-hybridized carbons (Fsp3) is 0.923. The van der Waals surface area contributed by atoms with Crippen molar-refractivity contribution in [3.63, 3.8) is 0 Å². The number of carbonyl (C=O) groups is 1. The van der Waals surface area contributed by atoms with Crippen molar-refractivity contribution in [3.05, 3.63) is 0 Å². The molecule has 1 amide bonds. The van der Waals surface area contributed by atoms with E-state index in [9.17, 15) is 18.0 Å². The summed E-state index contributed by atoms with van der Waals surface area (Å²) in [6, 6.07) is 0.0601. The largest absolute Gasteiger partial charge is 0.389 e. The Bertz CT molecular complexity index is 308. The van der Waals surface area contributed by atoms with Crippen LogP contribution in [0.1, 0.15) is 47.0 Å². The van der Waals surface area contributed by atoms with Crippen LogP contribution in [0.25, 0.3) is 0 Å². The number of alkyl halides is 3. The predicted octanol–water partition coefficient (Wildman–Crippen LogP) is 2.37. The molecular formula is C13H25F3N2O2. The zero-order valence-electron chi connectivity index (χ0n) is 12.5. The first-order valence-electron chi connectivity index (χ1n) is 6.72. The van der Waals surface area contributed by atoms with Crippen molar-refractivity contribution in [2.45, 2.75) is 70.8 Å². The summed E-state index contributed by atoms with van der Waals surface area (Å²) in [5.41, 5.74) is 4.44. The van der Waals surface area contributed by atoms with Gasteiger partial charge >= 0.3 is 6.18 Å². The molecule has 0 heterocycles. The van der Waals surface area contributed by atoms with E-state index < -0.39 is 24.0 Å². The van der Waals surface area contributed by atoms with Crippen molar-refractivity contribution < 1.29 is 22.7 Å². The van der Waals surface area contributed by atoms with Crippen LogP contribution >= 0.6 is 0 Å². The lowest BCUT2D eigenvalue weighted by Crippen LogP contribution is -2.57. The zero-order valence-corrected chi connectivity index (χ0v) is 12.5. The molecule has 2 atom stereocenters. The average molecular weight is 298 g/mol. The summed E-state index contributed by atoms with van der Waals surface area (Å²) in [6.07, 6.45) is -5.15. The number of amides is 1. The molecule has 0 rings (SSSR count). The number of carbonyl (C=O) groups excluding carboxylic acids is 1. The van der Waals surface area contributed by atoms with Crippen LogP contribution in [0.15, 0.2) is 0 Å². The molecule has 3 N–H and O–H groups in total. The van der Waals surface area contributed by atoms with Gasteiger partial charge in [0.1, 0.15) is 0 Å². The van der Waals surface area contributed by atoms with Gasteiger partial charge in [0, 0.05) is 25.5 Å². The highest BCUT2D eigenvalue weighted by atomic mass is 19.4. The Labute approximate surface area is 118 Å². The van der Waals surface area contributed by atoms with E-state index >= 15 is 0 Å². The maximum atomic E-state index is 12.0. The van der Waals surface area contributed by atoms with Crippen molar-refractivity contribution in [2.75, 3.05) is 6.61 Å². The SMILES string of the molecule is CC(C)NC(C)(CC(C)OCCCC(F)(F)F)C(N)=O. The van der Waals surface area contributed by atoms with Crippen molar-refractivity contribution in [2.24, 2.45) is 5.73 Å². The van der Waals surface area contributed by atoms with Gasteiger partial charge in [-0.3, -0.25) is 4.79 Å². The fourth-order valence-electron chi connectivity index (χ4n) is 2.06. The number of nitrogens with two attached hydrogens (primary N) is 1. The second-order valence-electron chi connectivity index (χ2n) is 5.60. The number of rotatable bonds is 9. The summed E-state index contributed by atoms with van der Waals surface area (Å²) in [4.78, 5) is 11.5. The highest BCUT2D eigenvalue weighted by molar-refractivity contribution is 5.84. The quantitative estimate of drug-likeness (QED) is 0.642. The van der Waals surface area contributed by atoms with E-state index in [0.29, 0.717) is 6.42 Å². The molecule has 20 heavy (non-hydrogen) atoms. The fourth-order valence-corrected chi connectivity index (χ4v) is 2.06. The molecule has 7 heteroatoms. The molecule has 0 saturated carbocycles. The zero-order chi connectivity index (χ0) is 16.0. The van der Waals surface area contributed by atoms with Gasteiger partial charge in [-0.1, -0.05) is 0 Å². The number of ether oxygens (including phenoxy) is 1. The molecular weight excluding hydrogens is 273 g/mol. The van der Waals surface area contributed by atoms with Gasteiger partial charge in [-0.05, 0) is 34.1 Å². The average Bonchev–Trinajstić information content (AvgIpc) is 2.21. The third-order valence-electron chi connectivity index (χ3n) is 2.85. The van der Waals surface area contributed by atoms with Gasteiger partial charge in [-0.2, -0.15) is 13.2 Å². The van der Waals surface area contributed by atoms with E-state index in [2.05, 4.69) is 5.32 Å². The Balaban J connectivity index is 4.21. The molecule has 0 aliphatic heterocycles. The first-order chi connectivity index (χ1) is 8.96. The molecule has 120 valence electrons. The molecule has 0 saturated heterocycles. The lowest BCUT2D eigenvalue weighted by atomic mass is 9.93. The standard InChI is InChI=1S/C13H25F3N2O2/c1-9(2)18-12(4,11(17)19)8-10(3)20-7-5-6-13(14,15)16/h9-10,18H,5-8H2,1-4H3,(H2,17,19). The minimum absolute atomic E-state index is 0.0111. The first-order valence-corrected chi connectivity index (χ1v) is 6.72. The summed E-state index contributed by atoms with van der Waals surface area (Å²) in [5.74, 6) is -0.503. The van der Waals surface area contributed by atoms with Gasteiger partial charge in [0.05, 0.1) is 11.6 Å². The minimum atomic E-state index is -4.16. The van der Waals surface area contributed by atoms with E-state index in [4.69, 9.17) is 10.5 Å². The topological polar surface area (TPSA) is 64.3 Å². The number of hydrogen-bond acceptors (Lipinski definition) is 3. The van der Waals surface area contributed by atoms with Gasteiger partial charge in [-0.15, -0.1) is 0 Å². The molecule has 0 spiro atoms. The summed E-state index contributed by atoms with van der Waals surface area (Å²) >= 11 is 0. The summed E-state index contributed by atoms with van der Waals surface area (Å²) < 4.78 is 41.2. The first kappa shape index (κ1) is 19.2. The second-order valence-corrected chi connectivity index (χ2v) is 5.60. The van der Waals surface area contributed by atoms with Gasteiger partial charge < -0.3 is 15.8 Å². The Morgan fingerprint density at radius 3 is 2.25 bits per heavy atom. The van der Waals surface area contributed by atoms with Crippen LogP contribution in [-0.4, -0.2) is 36.4 Å². The molecule has 0 aliphatic carbocycles. The number of hydrogen-bond donors (Lipinski definition) is 2. The van der Waals surface area contributed by atoms with Crippen molar-refractivity contribution in [1.82, 2.24) is 5.32 Å². The Morgan fingerprint density at radius 1 is 1.30 bits per heavy atom. The van der Waals surface area contributed by atoms with E-state index in [-0.39, 0.29) is 25.2 Å². The van der Waals surface area contributed by atoms with Crippen molar-refractivity contribution in [3.8, 4) is 0 Å². The van der Waals surface area contributed by atoms with Crippen LogP contribution in [0.5, 0.6) is 0 Å². The van der Waals surface area contributed by atoms with Gasteiger partial charge in [0.25, 0.3) is 0 Å². The molecule has 0 radical (unpaired) electrons. The maximum Gasteiger partial charge on any atom is 0.389 e. The molecule has 0 bridgehead atoms. The minimum Gasteiger partial charge on any atom is -0.378 e. The van der Waals surface area contributed by atoms with E-state index in [1.165, 1.54) is 0 Å². The Kier molecular flexibility index (Phi) is 7.51.